The van der Waals surface area contributed by atoms with Crippen LogP contribution in [-0.2, 0) is 24.2 Å². The highest BCUT2D eigenvalue weighted by Crippen LogP contribution is 2.30. The van der Waals surface area contributed by atoms with Gasteiger partial charge in [0.05, 0.1) is 18.7 Å². The van der Waals surface area contributed by atoms with Crippen LogP contribution in [0.2, 0.25) is 0 Å². The van der Waals surface area contributed by atoms with E-state index in [1.165, 1.54) is 0 Å². The number of unbranched alkanes of at least 4 members (excludes halogenated alkanes) is 1. The standard InChI is InChI=1S/C33H39N5O4/c1-4-5-13-28-34-30(22(2)3)27(20-29(39)37-18-9-6-10-19-37)32(40)38(28)21-23-14-16-24(17-15-23)25-11-7-8-12-26(25)31-35-33(41)42-36-31/h7-8,11-12,14-17,22H,4-6,9-10,13,18-21H2,1-3H3,(H,35,36,41). The molecule has 0 radical (unpaired) electrons. The van der Waals surface area contributed by atoms with Crippen molar-refractivity contribution in [3.8, 4) is 22.5 Å². The first-order chi connectivity index (χ1) is 20.4. The number of aromatic amines is 1. The van der Waals surface area contributed by atoms with Gasteiger partial charge in [0.1, 0.15) is 5.82 Å². The minimum atomic E-state index is -0.603. The van der Waals surface area contributed by atoms with Crippen molar-refractivity contribution in [3.05, 3.63) is 92.1 Å². The second-order valence-electron chi connectivity index (χ2n) is 11.3. The fraction of sp³-hybridized carbons (Fsp3) is 0.424. The maximum absolute atomic E-state index is 14.1. The third-order valence-electron chi connectivity index (χ3n) is 7.94. The fourth-order valence-electron chi connectivity index (χ4n) is 5.65. The Morgan fingerprint density at radius 1 is 1.00 bits per heavy atom. The average molecular weight is 570 g/mol. The molecule has 5 rings (SSSR count). The number of carbonyl (C=O) groups excluding carboxylic acids is 1. The van der Waals surface area contributed by atoms with Gasteiger partial charge in [0.25, 0.3) is 5.56 Å². The molecule has 2 aromatic carbocycles. The monoisotopic (exact) mass is 569 g/mol. The zero-order valence-corrected chi connectivity index (χ0v) is 24.7. The molecule has 42 heavy (non-hydrogen) atoms. The fourth-order valence-corrected chi connectivity index (χ4v) is 5.65. The molecule has 1 amide bonds. The molecule has 0 saturated carbocycles. The molecule has 1 N–H and O–H groups in total. The molecule has 3 heterocycles. The van der Waals surface area contributed by atoms with Gasteiger partial charge in [-0.3, -0.25) is 23.7 Å². The van der Waals surface area contributed by atoms with Gasteiger partial charge in [-0.25, -0.2) is 9.78 Å². The van der Waals surface area contributed by atoms with Crippen LogP contribution in [0.3, 0.4) is 0 Å². The molecule has 0 atom stereocenters. The van der Waals surface area contributed by atoms with Crippen molar-refractivity contribution in [2.24, 2.45) is 0 Å². The molecule has 220 valence electrons. The number of carbonyl (C=O) groups is 1. The van der Waals surface area contributed by atoms with Gasteiger partial charge < -0.3 is 4.90 Å². The highest BCUT2D eigenvalue weighted by molar-refractivity contribution is 5.80. The van der Waals surface area contributed by atoms with Gasteiger partial charge in [-0.2, -0.15) is 0 Å². The van der Waals surface area contributed by atoms with Crippen LogP contribution in [0, 0.1) is 0 Å². The number of aromatic nitrogens is 4. The summed E-state index contributed by atoms with van der Waals surface area (Å²) >= 11 is 0. The number of rotatable bonds is 10. The van der Waals surface area contributed by atoms with Crippen molar-refractivity contribution in [2.45, 2.75) is 78.2 Å². The van der Waals surface area contributed by atoms with Gasteiger partial charge >= 0.3 is 5.76 Å². The molecule has 0 aliphatic carbocycles. The van der Waals surface area contributed by atoms with Crippen molar-refractivity contribution in [1.82, 2.24) is 24.6 Å². The molecule has 2 aromatic heterocycles. The number of hydrogen-bond donors (Lipinski definition) is 1. The Labute approximate surface area is 245 Å². The Kier molecular flexibility index (Phi) is 9.15. The maximum Gasteiger partial charge on any atom is 0.439 e. The molecular formula is C33H39N5O4. The Balaban J connectivity index is 1.48. The Bertz CT molecular complexity index is 1640. The van der Waals surface area contributed by atoms with Crippen molar-refractivity contribution < 1.29 is 9.32 Å². The van der Waals surface area contributed by atoms with Gasteiger partial charge in [-0.15, -0.1) is 0 Å². The predicted octanol–water partition coefficient (Wildman–Crippen LogP) is 5.32. The number of hydrogen-bond acceptors (Lipinski definition) is 6. The molecule has 0 bridgehead atoms. The molecule has 9 heteroatoms. The molecule has 9 nitrogen and oxygen atoms in total. The summed E-state index contributed by atoms with van der Waals surface area (Å²) in [5.41, 5.74) is 4.70. The van der Waals surface area contributed by atoms with Crippen LogP contribution < -0.4 is 11.3 Å². The summed E-state index contributed by atoms with van der Waals surface area (Å²) in [4.78, 5) is 48.4. The summed E-state index contributed by atoms with van der Waals surface area (Å²) in [6.45, 7) is 8.09. The summed E-state index contributed by atoms with van der Waals surface area (Å²) in [5.74, 6) is 0.586. The van der Waals surface area contributed by atoms with Crippen molar-refractivity contribution in [3.63, 3.8) is 0 Å². The number of benzene rings is 2. The van der Waals surface area contributed by atoms with Gasteiger partial charge in [0.2, 0.25) is 5.91 Å². The van der Waals surface area contributed by atoms with Crippen LogP contribution in [-0.4, -0.2) is 43.6 Å². The van der Waals surface area contributed by atoms with Crippen molar-refractivity contribution in [1.29, 1.82) is 0 Å². The van der Waals surface area contributed by atoms with E-state index >= 15 is 0 Å². The second kappa shape index (κ2) is 13.1. The van der Waals surface area contributed by atoms with E-state index in [4.69, 9.17) is 9.51 Å². The number of H-pyrrole nitrogens is 1. The second-order valence-corrected chi connectivity index (χ2v) is 11.3. The molecular weight excluding hydrogens is 530 g/mol. The summed E-state index contributed by atoms with van der Waals surface area (Å²) < 4.78 is 6.48. The van der Waals surface area contributed by atoms with E-state index in [9.17, 15) is 14.4 Å². The summed E-state index contributed by atoms with van der Waals surface area (Å²) in [6.07, 6.45) is 5.88. The smallest absolute Gasteiger partial charge is 0.342 e. The van der Waals surface area contributed by atoms with E-state index < -0.39 is 5.76 Å². The first-order valence-corrected chi connectivity index (χ1v) is 15.0. The molecule has 1 fully saturated rings. The van der Waals surface area contributed by atoms with E-state index in [1.807, 2.05) is 67.3 Å². The summed E-state index contributed by atoms with van der Waals surface area (Å²) in [5, 5.41) is 3.85. The molecule has 1 aliphatic rings. The summed E-state index contributed by atoms with van der Waals surface area (Å²) in [7, 11) is 0. The molecule has 1 aliphatic heterocycles. The topological polar surface area (TPSA) is 114 Å². The lowest BCUT2D eigenvalue weighted by Gasteiger charge is -2.27. The predicted molar refractivity (Wildman–Crippen MR) is 162 cm³/mol. The largest absolute Gasteiger partial charge is 0.439 e. The number of piperidine rings is 1. The van der Waals surface area contributed by atoms with E-state index in [0.29, 0.717) is 24.4 Å². The first kappa shape index (κ1) is 29.2. The minimum Gasteiger partial charge on any atom is -0.342 e. The van der Waals surface area contributed by atoms with E-state index in [-0.39, 0.29) is 23.8 Å². The quantitative estimate of drug-likeness (QED) is 0.276. The summed E-state index contributed by atoms with van der Waals surface area (Å²) in [6, 6.07) is 15.7. The van der Waals surface area contributed by atoms with Crippen LogP contribution in [0.1, 0.15) is 81.4 Å². The third-order valence-corrected chi connectivity index (χ3v) is 7.94. The number of nitrogens with zero attached hydrogens (tertiary/aromatic N) is 4. The van der Waals surface area contributed by atoms with Gasteiger partial charge in [-0.1, -0.05) is 80.9 Å². The van der Waals surface area contributed by atoms with Crippen molar-refractivity contribution in [2.75, 3.05) is 13.1 Å². The number of amides is 1. The van der Waals surface area contributed by atoms with Gasteiger partial charge in [0, 0.05) is 30.6 Å². The van der Waals surface area contributed by atoms with Crippen LogP contribution in [0.25, 0.3) is 22.5 Å². The van der Waals surface area contributed by atoms with Gasteiger partial charge in [0.15, 0.2) is 5.82 Å². The van der Waals surface area contributed by atoms with E-state index in [1.54, 1.807) is 4.57 Å². The van der Waals surface area contributed by atoms with Crippen LogP contribution >= 0.6 is 0 Å². The number of likely N-dealkylation sites (tertiary alicyclic amines) is 1. The first-order valence-electron chi connectivity index (χ1n) is 15.0. The lowest BCUT2D eigenvalue weighted by Crippen LogP contribution is -2.39. The Morgan fingerprint density at radius 2 is 1.71 bits per heavy atom. The van der Waals surface area contributed by atoms with E-state index in [2.05, 4.69) is 17.1 Å². The lowest BCUT2D eigenvalue weighted by atomic mass is 9.98. The Morgan fingerprint density at radius 3 is 2.36 bits per heavy atom. The zero-order chi connectivity index (χ0) is 29.6. The maximum atomic E-state index is 14.1. The van der Waals surface area contributed by atoms with Crippen LogP contribution in [0.15, 0.2) is 62.6 Å². The third kappa shape index (κ3) is 6.45. The molecule has 1 saturated heterocycles. The average Bonchev–Trinajstić information content (AvgIpc) is 3.45. The van der Waals surface area contributed by atoms with Crippen LogP contribution in [0.5, 0.6) is 0 Å². The lowest BCUT2D eigenvalue weighted by molar-refractivity contribution is -0.131. The highest BCUT2D eigenvalue weighted by Gasteiger charge is 2.24. The molecule has 4 aromatic rings. The number of nitrogens with one attached hydrogen (secondary N) is 1. The normalized spacial score (nSPS) is 13.6. The Hall–Kier alpha value is -4.27. The highest BCUT2D eigenvalue weighted by atomic mass is 16.5. The van der Waals surface area contributed by atoms with Crippen molar-refractivity contribution >= 4 is 5.91 Å². The van der Waals surface area contributed by atoms with Crippen LogP contribution in [0.4, 0.5) is 0 Å². The SMILES string of the molecule is CCCCc1nc(C(C)C)c(CC(=O)N2CCCCC2)c(=O)n1Cc1ccc(-c2ccccc2-c2noc(=O)[nH]2)cc1. The molecule has 0 unspecified atom stereocenters. The van der Waals surface area contributed by atoms with Gasteiger partial charge in [-0.05, 0) is 48.3 Å². The van der Waals surface area contributed by atoms with E-state index in [0.717, 1.165) is 79.0 Å². The molecule has 0 spiro atoms. The minimum absolute atomic E-state index is 0.0137. The zero-order valence-electron chi connectivity index (χ0n) is 24.7. The number of aryl methyl sites for hydroxylation is 1.